The molecule has 22 heavy (non-hydrogen) atoms. The second-order valence-corrected chi connectivity index (χ2v) is 4.25. The zero-order valence-corrected chi connectivity index (χ0v) is 12.5. The minimum absolute atomic E-state index is 0.172. The monoisotopic (exact) mass is 301 g/mol. The molecule has 0 aliphatic rings. The molecule has 116 valence electrons. The minimum Gasteiger partial charge on any atom is -0.497 e. The van der Waals surface area contributed by atoms with Crippen LogP contribution >= 0.6 is 0 Å². The summed E-state index contributed by atoms with van der Waals surface area (Å²) in [6, 6.07) is 7.46. The van der Waals surface area contributed by atoms with E-state index in [0.29, 0.717) is 13.0 Å². The van der Waals surface area contributed by atoms with E-state index in [1.807, 2.05) is 24.3 Å². The van der Waals surface area contributed by atoms with Gasteiger partial charge in [0.05, 0.1) is 7.11 Å². The van der Waals surface area contributed by atoms with E-state index >= 15 is 0 Å². The van der Waals surface area contributed by atoms with Crippen molar-refractivity contribution in [3.8, 4) is 5.75 Å². The fourth-order valence-corrected chi connectivity index (χ4v) is 1.60. The Bertz CT molecular complexity index is 573. The molecule has 0 unspecified atom stereocenters. The van der Waals surface area contributed by atoms with Crippen molar-refractivity contribution in [1.82, 2.24) is 5.32 Å². The van der Waals surface area contributed by atoms with Crippen LogP contribution in [-0.2, 0) is 20.7 Å². The highest BCUT2D eigenvalue weighted by Gasteiger charge is 2.15. The Morgan fingerprint density at radius 3 is 2.45 bits per heavy atom. The van der Waals surface area contributed by atoms with Crippen LogP contribution in [0.2, 0.25) is 0 Å². The van der Waals surface area contributed by atoms with Gasteiger partial charge in [-0.05, 0) is 36.3 Å². The Kier molecular flexibility index (Phi) is 7.19. The predicted octanol–water partition coefficient (Wildman–Crippen LogP) is 2.15. The van der Waals surface area contributed by atoms with Gasteiger partial charge in [0.15, 0.2) is 0 Å². The fraction of sp³-hybridized carbons (Fsp3) is 0.176. The molecule has 0 fully saturated rings. The Hall–Kier alpha value is -2.82. The van der Waals surface area contributed by atoms with Gasteiger partial charge in [0.1, 0.15) is 11.5 Å². The predicted molar refractivity (Wildman–Crippen MR) is 84.3 cm³/mol. The molecule has 0 aliphatic carbocycles. The first-order valence-electron chi connectivity index (χ1n) is 6.68. The van der Waals surface area contributed by atoms with Gasteiger partial charge >= 0.3 is 11.9 Å². The third-order valence-corrected chi connectivity index (χ3v) is 2.74. The molecule has 0 heterocycles. The van der Waals surface area contributed by atoms with Crippen LogP contribution in [0, 0.1) is 0 Å². The number of carbonyl (C=O) groups is 2. The van der Waals surface area contributed by atoms with E-state index in [9.17, 15) is 9.59 Å². The van der Waals surface area contributed by atoms with Crippen molar-refractivity contribution in [2.45, 2.75) is 6.42 Å². The molecule has 5 heteroatoms. The Labute approximate surface area is 129 Å². The molecule has 0 atom stereocenters. The van der Waals surface area contributed by atoms with Gasteiger partial charge in [0, 0.05) is 6.54 Å². The largest absolute Gasteiger partial charge is 0.497 e. The maximum Gasteiger partial charge on any atom is 0.402 e. The first kappa shape index (κ1) is 17.2. The molecule has 0 saturated heterocycles. The molecule has 1 amide bonds. The Morgan fingerprint density at radius 1 is 1.23 bits per heavy atom. The molecule has 0 bridgehead atoms. The first-order chi connectivity index (χ1) is 10.6. The van der Waals surface area contributed by atoms with Crippen molar-refractivity contribution in [2.75, 3.05) is 13.7 Å². The molecule has 5 nitrogen and oxygen atoms in total. The molecule has 0 aliphatic heterocycles. The number of ether oxygens (including phenoxy) is 2. The summed E-state index contributed by atoms with van der Waals surface area (Å²) in [6.07, 6.45) is 4.80. The van der Waals surface area contributed by atoms with Crippen LogP contribution in [0.1, 0.15) is 5.56 Å². The average Bonchev–Trinajstić information content (AvgIpc) is 2.54. The second kappa shape index (κ2) is 9.18. The van der Waals surface area contributed by atoms with Crippen molar-refractivity contribution in [2.24, 2.45) is 0 Å². The third-order valence-electron chi connectivity index (χ3n) is 2.74. The number of benzene rings is 1. The van der Waals surface area contributed by atoms with Crippen LogP contribution < -0.4 is 10.1 Å². The lowest BCUT2D eigenvalue weighted by Gasteiger charge is -2.06. The lowest BCUT2D eigenvalue weighted by atomic mass is 10.1. The molecule has 0 aromatic heterocycles. The number of methoxy groups -OCH3 is 1. The highest BCUT2D eigenvalue weighted by atomic mass is 16.5. The first-order valence-corrected chi connectivity index (χ1v) is 6.68. The molecule has 0 radical (unpaired) electrons. The van der Waals surface area contributed by atoms with Gasteiger partial charge in [-0.1, -0.05) is 31.4 Å². The van der Waals surface area contributed by atoms with E-state index in [1.165, 1.54) is 18.2 Å². The van der Waals surface area contributed by atoms with Crippen molar-refractivity contribution in [3.63, 3.8) is 0 Å². The van der Waals surface area contributed by atoms with Gasteiger partial charge in [0.25, 0.3) is 0 Å². The van der Waals surface area contributed by atoms with Gasteiger partial charge in [-0.2, -0.15) is 0 Å². The van der Waals surface area contributed by atoms with Crippen LogP contribution in [0.5, 0.6) is 5.75 Å². The number of amides is 1. The summed E-state index contributed by atoms with van der Waals surface area (Å²) in [7, 11) is 1.60. The van der Waals surface area contributed by atoms with Gasteiger partial charge < -0.3 is 14.8 Å². The summed E-state index contributed by atoms with van der Waals surface area (Å²) in [6.45, 7) is 7.27. The Morgan fingerprint density at radius 2 is 1.91 bits per heavy atom. The summed E-state index contributed by atoms with van der Waals surface area (Å²) in [4.78, 5) is 23.1. The number of esters is 1. The summed E-state index contributed by atoms with van der Waals surface area (Å²) < 4.78 is 9.90. The molecule has 1 rings (SSSR count). The molecule has 1 aromatic carbocycles. The number of nitrogens with one attached hydrogen (secondary N) is 1. The SMILES string of the molecule is C=C/C=C(\C=C)OC(=O)C(=O)NCCc1ccc(OC)cc1. The van der Waals surface area contributed by atoms with Crippen LogP contribution in [0.15, 0.2) is 61.4 Å². The van der Waals surface area contributed by atoms with E-state index in [4.69, 9.17) is 9.47 Å². The van der Waals surface area contributed by atoms with E-state index in [-0.39, 0.29) is 5.76 Å². The lowest BCUT2D eigenvalue weighted by Crippen LogP contribution is -2.33. The lowest BCUT2D eigenvalue weighted by molar-refractivity contribution is -0.151. The van der Waals surface area contributed by atoms with Crippen molar-refractivity contribution in [3.05, 3.63) is 67.0 Å². The fourth-order valence-electron chi connectivity index (χ4n) is 1.60. The number of hydrogen-bond donors (Lipinski definition) is 1. The topological polar surface area (TPSA) is 64.6 Å². The number of allylic oxidation sites excluding steroid dienone is 3. The quantitative estimate of drug-likeness (QED) is 0.363. The second-order valence-electron chi connectivity index (χ2n) is 4.25. The van der Waals surface area contributed by atoms with Crippen molar-refractivity contribution >= 4 is 11.9 Å². The van der Waals surface area contributed by atoms with Crippen LogP contribution in [-0.4, -0.2) is 25.5 Å². The van der Waals surface area contributed by atoms with Crippen molar-refractivity contribution < 1.29 is 19.1 Å². The van der Waals surface area contributed by atoms with Crippen LogP contribution in [0.25, 0.3) is 0 Å². The van der Waals surface area contributed by atoms with Crippen LogP contribution in [0.4, 0.5) is 0 Å². The van der Waals surface area contributed by atoms with E-state index in [2.05, 4.69) is 18.5 Å². The molecular weight excluding hydrogens is 282 g/mol. The van der Waals surface area contributed by atoms with Gasteiger partial charge in [-0.3, -0.25) is 4.79 Å². The highest BCUT2D eigenvalue weighted by molar-refractivity contribution is 6.32. The smallest absolute Gasteiger partial charge is 0.402 e. The third kappa shape index (κ3) is 5.66. The number of rotatable bonds is 7. The molecule has 0 saturated carbocycles. The normalized spacial score (nSPS) is 10.5. The zero-order valence-electron chi connectivity index (χ0n) is 12.5. The maximum atomic E-state index is 11.6. The van der Waals surface area contributed by atoms with Gasteiger partial charge in [-0.15, -0.1) is 0 Å². The van der Waals surface area contributed by atoms with E-state index in [0.717, 1.165) is 11.3 Å². The van der Waals surface area contributed by atoms with E-state index < -0.39 is 11.9 Å². The minimum atomic E-state index is -0.984. The number of hydrogen-bond acceptors (Lipinski definition) is 4. The molecule has 0 spiro atoms. The zero-order chi connectivity index (χ0) is 16.4. The summed E-state index contributed by atoms with van der Waals surface area (Å²) in [5.74, 6) is -0.847. The average molecular weight is 301 g/mol. The maximum absolute atomic E-state index is 11.6. The summed E-state index contributed by atoms with van der Waals surface area (Å²) in [5, 5.41) is 2.50. The van der Waals surface area contributed by atoms with Gasteiger partial charge in [-0.25, -0.2) is 4.79 Å². The van der Waals surface area contributed by atoms with Crippen LogP contribution in [0.3, 0.4) is 0 Å². The van der Waals surface area contributed by atoms with Crippen molar-refractivity contribution in [1.29, 1.82) is 0 Å². The van der Waals surface area contributed by atoms with Gasteiger partial charge in [0.2, 0.25) is 0 Å². The van der Waals surface area contributed by atoms with E-state index in [1.54, 1.807) is 7.11 Å². The molecule has 1 aromatic rings. The Balaban J connectivity index is 2.41. The molecule has 1 N–H and O–H groups in total. The number of carbonyl (C=O) groups excluding carboxylic acids is 2. The highest BCUT2D eigenvalue weighted by Crippen LogP contribution is 2.11. The molecular formula is C17H19NO4. The standard InChI is InChI=1S/C17H19NO4/c1-4-6-14(5-2)22-17(20)16(19)18-12-11-13-7-9-15(21-3)10-8-13/h4-10H,1-2,11-12H2,3H3,(H,18,19)/b14-6+. The summed E-state index contributed by atoms with van der Waals surface area (Å²) >= 11 is 0. The summed E-state index contributed by atoms with van der Waals surface area (Å²) in [5.41, 5.74) is 1.02.